The van der Waals surface area contributed by atoms with E-state index in [2.05, 4.69) is 43.1 Å². The van der Waals surface area contributed by atoms with Crippen molar-refractivity contribution in [2.24, 2.45) is 0 Å². The normalized spacial score (nSPS) is 11.5. The third-order valence-electron chi connectivity index (χ3n) is 4.14. The third kappa shape index (κ3) is 3.15. The van der Waals surface area contributed by atoms with Crippen LogP contribution in [-0.2, 0) is 6.54 Å². The molecule has 4 nitrogen and oxygen atoms in total. The molecule has 0 fully saturated rings. The highest BCUT2D eigenvalue weighted by Crippen LogP contribution is 2.26. The maximum absolute atomic E-state index is 12.5. The summed E-state index contributed by atoms with van der Waals surface area (Å²) < 4.78 is 2.32. The first-order valence-electron chi connectivity index (χ1n) is 8.09. The minimum absolute atomic E-state index is 0.00386. The fourth-order valence-electron chi connectivity index (χ4n) is 2.69. The number of fused-ring (bicyclic) bond motifs is 1. The Morgan fingerprint density at radius 1 is 1.12 bits per heavy atom. The number of thiophene rings is 1. The molecular formula is C19H17N3OS2. The molecule has 0 aliphatic carbocycles. The summed E-state index contributed by atoms with van der Waals surface area (Å²) in [7, 11) is 0. The Hall–Kier alpha value is -2.31. The minimum atomic E-state index is -0.00386. The van der Waals surface area contributed by atoms with Gasteiger partial charge in [0.2, 0.25) is 0 Å². The summed E-state index contributed by atoms with van der Waals surface area (Å²) in [6, 6.07) is 10.4. The van der Waals surface area contributed by atoms with E-state index in [4.69, 9.17) is 4.98 Å². The molecule has 3 heterocycles. The summed E-state index contributed by atoms with van der Waals surface area (Å²) in [6.07, 6.45) is 1.60. The highest BCUT2D eigenvalue weighted by Gasteiger charge is 2.09. The van der Waals surface area contributed by atoms with Gasteiger partial charge in [-0.05, 0) is 22.9 Å². The van der Waals surface area contributed by atoms with Gasteiger partial charge in [0.1, 0.15) is 9.71 Å². The maximum Gasteiger partial charge on any atom is 0.271 e. The molecule has 0 aliphatic heterocycles. The second-order valence-electron chi connectivity index (χ2n) is 6.23. The Balaban J connectivity index is 1.60. The van der Waals surface area contributed by atoms with E-state index >= 15 is 0 Å². The van der Waals surface area contributed by atoms with Crippen LogP contribution < -0.4 is 5.56 Å². The highest BCUT2D eigenvalue weighted by atomic mass is 32.1. The lowest BCUT2D eigenvalue weighted by molar-refractivity contribution is 0.736. The van der Waals surface area contributed by atoms with Crippen LogP contribution in [0.2, 0.25) is 0 Å². The number of thiazole rings is 1. The molecule has 0 spiro atoms. The average Bonchev–Trinajstić information content (AvgIpc) is 3.27. The topological polar surface area (TPSA) is 47.8 Å². The van der Waals surface area contributed by atoms with Gasteiger partial charge in [-0.15, -0.1) is 22.7 Å². The van der Waals surface area contributed by atoms with Gasteiger partial charge in [-0.2, -0.15) is 0 Å². The van der Waals surface area contributed by atoms with Crippen molar-refractivity contribution >= 4 is 32.9 Å². The minimum Gasteiger partial charge on any atom is -0.292 e. The van der Waals surface area contributed by atoms with E-state index in [1.165, 1.54) is 16.9 Å². The monoisotopic (exact) mass is 367 g/mol. The molecule has 4 aromatic rings. The molecule has 0 unspecified atom stereocenters. The molecule has 0 saturated carbocycles. The molecule has 0 aliphatic rings. The number of hydrogen-bond acceptors (Lipinski definition) is 5. The van der Waals surface area contributed by atoms with Crippen LogP contribution in [0.25, 0.3) is 20.8 Å². The lowest BCUT2D eigenvalue weighted by Crippen LogP contribution is -2.20. The zero-order valence-electron chi connectivity index (χ0n) is 14.0. The first-order valence-corrected chi connectivity index (χ1v) is 9.85. The fraction of sp³-hybridized carbons (Fsp3) is 0.211. The van der Waals surface area contributed by atoms with Crippen LogP contribution in [0.15, 0.2) is 52.2 Å². The third-order valence-corrected chi connectivity index (χ3v) is 5.98. The molecular weight excluding hydrogens is 350 g/mol. The molecule has 6 heteroatoms. The molecule has 0 atom stereocenters. The first-order chi connectivity index (χ1) is 12.1. The van der Waals surface area contributed by atoms with Gasteiger partial charge in [-0.25, -0.2) is 9.97 Å². The van der Waals surface area contributed by atoms with Gasteiger partial charge >= 0.3 is 0 Å². The molecule has 1 aromatic carbocycles. The van der Waals surface area contributed by atoms with E-state index in [0.29, 0.717) is 17.2 Å². The smallest absolute Gasteiger partial charge is 0.271 e. The zero-order chi connectivity index (χ0) is 17.4. The van der Waals surface area contributed by atoms with E-state index in [1.807, 2.05) is 16.8 Å². The molecule has 0 radical (unpaired) electrons. The van der Waals surface area contributed by atoms with Crippen LogP contribution in [0.4, 0.5) is 0 Å². The van der Waals surface area contributed by atoms with Crippen LogP contribution in [0.3, 0.4) is 0 Å². The lowest BCUT2D eigenvalue weighted by Gasteiger charge is -2.05. The van der Waals surface area contributed by atoms with Gasteiger partial charge in [0.25, 0.3) is 5.56 Å². The van der Waals surface area contributed by atoms with Crippen molar-refractivity contribution in [3.8, 4) is 10.6 Å². The van der Waals surface area contributed by atoms with Crippen molar-refractivity contribution in [2.45, 2.75) is 26.3 Å². The maximum atomic E-state index is 12.5. The molecule has 4 rings (SSSR count). The Labute approximate surface area is 153 Å². The first kappa shape index (κ1) is 16.2. The average molecular weight is 367 g/mol. The van der Waals surface area contributed by atoms with Crippen LogP contribution in [0.1, 0.15) is 31.0 Å². The van der Waals surface area contributed by atoms with Gasteiger partial charge in [-0.3, -0.25) is 9.36 Å². The van der Waals surface area contributed by atoms with Crippen molar-refractivity contribution < 1.29 is 0 Å². The van der Waals surface area contributed by atoms with Crippen molar-refractivity contribution in [1.82, 2.24) is 14.5 Å². The fourth-order valence-corrected chi connectivity index (χ4v) is 4.30. The molecule has 0 amide bonds. The van der Waals surface area contributed by atoms with Crippen molar-refractivity contribution in [3.63, 3.8) is 0 Å². The van der Waals surface area contributed by atoms with Crippen LogP contribution >= 0.6 is 22.7 Å². The number of hydrogen-bond donors (Lipinski definition) is 0. The summed E-state index contributed by atoms with van der Waals surface area (Å²) in [5.74, 6) is 0.521. The van der Waals surface area contributed by atoms with Crippen LogP contribution in [0.5, 0.6) is 0 Å². The number of aromatic nitrogens is 3. The van der Waals surface area contributed by atoms with E-state index in [0.717, 1.165) is 21.8 Å². The summed E-state index contributed by atoms with van der Waals surface area (Å²) in [4.78, 5) is 21.5. The summed E-state index contributed by atoms with van der Waals surface area (Å²) in [5, 5.41) is 4.88. The molecule has 25 heavy (non-hydrogen) atoms. The van der Waals surface area contributed by atoms with Crippen molar-refractivity contribution in [3.05, 3.63) is 69.0 Å². The summed E-state index contributed by atoms with van der Waals surface area (Å²) in [6.45, 7) is 4.82. The molecule has 0 saturated heterocycles. The zero-order valence-corrected chi connectivity index (χ0v) is 15.6. The van der Waals surface area contributed by atoms with Crippen molar-refractivity contribution in [2.75, 3.05) is 0 Å². The Bertz CT molecular complexity index is 1070. The predicted octanol–water partition coefficient (Wildman–Crippen LogP) is 4.75. The summed E-state index contributed by atoms with van der Waals surface area (Å²) >= 11 is 3.03. The van der Waals surface area contributed by atoms with Crippen LogP contribution in [0, 0.1) is 0 Å². The van der Waals surface area contributed by atoms with Gasteiger partial charge < -0.3 is 0 Å². The SMILES string of the molecule is CC(C)c1ccc(-c2nc(Cn3cnc4ccsc4c3=O)cs2)cc1. The Morgan fingerprint density at radius 3 is 2.68 bits per heavy atom. The molecule has 3 aromatic heterocycles. The van der Waals surface area contributed by atoms with Gasteiger partial charge in [0.15, 0.2) is 0 Å². The van der Waals surface area contributed by atoms with E-state index in [9.17, 15) is 4.79 Å². The molecule has 0 bridgehead atoms. The van der Waals surface area contributed by atoms with Crippen molar-refractivity contribution in [1.29, 1.82) is 0 Å². The molecule has 126 valence electrons. The lowest BCUT2D eigenvalue weighted by atomic mass is 10.0. The predicted molar refractivity (Wildman–Crippen MR) is 105 cm³/mol. The largest absolute Gasteiger partial charge is 0.292 e. The number of nitrogens with zero attached hydrogens (tertiary/aromatic N) is 3. The molecule has 0 N–H and O–H groups in total. The van der Waals surface area contributed by atoms with Gasteiger partial charge in [0, 0.05) is 10.9 Å². The Morgan fingerprint density at radius 2 is 1.92 bits per heavy atom. The second-order valence-corrected chi connectivity index (χ2v) is 8.01. The van der Waals surface area contributed by atoms with Gasteiger partial charge in [-0.1, -0.05) is 38.1 Å². The highest BCUT2D eigenvalue weighted by molar-refractivity contribution is 7.17. The standard InChI is InChI=1S/C19H17N3OS2/c1-12(2)13-3-5-14(6-4-13)18-21-15(10-25-18)9-22-11-20-16-7-8-24-17(16)19(22)23/h3-8,10-12H,9H2,1-2H3. The number of rotatable bonds is 4. The number of benzene rings is 1. The van der Waals surface area contributed by atoms with E-state index < -0.39 is 0 Å². The van der Waals surface area contributed by atoms with E-state index in [1.54, 1.807) is 22.2 Å². The van der Waals surface area contributed by atoms with Gasteiger partial charge in [0.05, 0.1) is 24.1 Å². The Kier molecular flexibility index (Phi) is 4.23. The van der Waals surface area contributed by atoms with Crippen LogP contribution in [-0.4, -0.2) is 14.5 Å². The van der Waals surface area contributed by atoms with E-state index in [-0.39, 0.29) is 5.56 Å². The summed E-state index contributed by atoms with van der Waals surface area (Å²) in [5.41, 5.74) is 4.07. The second kappa shape index (κ2) is 6.54. The quantitative estimate of drug-likeness (QED) is 0.523.